The van der Waals surface area contributed by atoms with E-state index in [0.717, 1.165) is 5.06 Å². The second kappa shape index (κ2) is 2.58. The fourth-order valence-electron chi connectivity index (χ4n) is 1.11. The molecule has 0 aromatic heterocycles. The Morgan fingerprint density at radius 1 is 1.33 bits per heavy atom. The molecule has 0 unspecified atom stereocenters. The molecule has 1 saturated heterocycles. The highest BCUT2D eigenvalue weighted by molar-refractivity contribution is 6.18. The Balaban J connectivity index is 2.36. The van der Waals surface area contributed by atoms with Gasteiger partial charge >= 0.3 is 0 Å². The predicted molar refractivity (Wildman–Crippen MR) is 39.9 cm³/mol. The first kappa shape index (κ1) is 7.26. The third kappa shape index (κ3) is 0.973. The molecule has 0 atom stereocenters. The third-order valence-electron chi connectivity index (χ3n) is 1.66. The maximum atomic E-state index is 11.1. The largest absolute Gasteiger partial charge is 0.287 e. The molecule has 2 rings (SSSR count). The van der Waals surface area contributed by atoms with Gasteiger partial charge in [-0.15, -0.1) is 0 Å². The normalized spacial score (nSPS) is 21.8. The molecule has 6 heteroatoms. The van der Waals surface area contributed by atoms with Crippen LogP contribution >= 0.6 is 0 Å². The van der Waals surface area contributed by atoms with E-state index < -0.39 is 0 Å². The summed E-state index contributed by atoms with van der Waals surface area (Å²) in [5.74, 6) is 0.394. The van der Waals surface area contributed by atoms with Crippen molar-refractivity contribution >= 4 is 12.4 Å². The highest BCUT2D eigenvalue weighted by atomic mass is 16.6. The lowest BCUT2D eigenvalue weighted by Crippen LogP contribution is -2.17. The summed E-state index contributed by atoms with van der Waals surface area (Å²) < 4.78 is 0. The first-order chi connectivity index (χ1) is 5.79. The van der Waals surface area contributed by atoms with Crippen molar-refractivity contribution in [2.45, 2.75) is 0 Å². The molecular formula is C6H7N4O2. The molecule has 0 aromatic rings. The van der Waals surface area contributed by atoms with Crippen LogP contribution in [-0.2, 0) is 5.21 Å². The zero-order valence-corrected chi connectivity index (χ0v) is 6.21. The van der Waals surface area contributed by atoms with Crippen LogP contribution in [0.2, 0.25) is 0 Å². The molecule has 0 aromatic carbocycles. The highest BCUT2D eigenvalue weighted by Gasteiger charge is 2.27. The zero-order chi connectivity index (χ0) is 8.55. The molecule has 0 amide bonds. The second-order valence-electron chi connectivity index (χ2n) is 2.43. The van der Waals surface area contributed by atoms with E-state index in [9.17, 15) is 10.4 Å². The van der Waals surface area contributed by atoms with Gasteiger partial charge in [-0.25, -0.2) is 15.0 Å². The summed E-state index contributed by atoms with van der Waals surface area (Å²) in [6.45, 7) is 0.549. The van der Waals surface area contributed by atoms with Crippen LogP contribution in [0.5, 0.6) is 0 Å². The van der Waals surface area contributed by atoms with Crippen LogP contribution in [0.1, 0.15) is 0 Å². The highest BCUT2D eigenvalue weighted by Crippen LogP contribution is 2.20. The molecule has 6 nitrogen and oxygen atoms in total. The quantitative estimate of drug-likeness (QED) is 0.534. The van der Waals surface area contributed by atoms with Gasteiger partial charge in [0.1, 0.15) is 0 Å². The summed E-state index contributed by atoms with van der Waals surface area (Å²) >= 11 is 0. The molecule has 0 bridgehead atoms. The molecular weight excluding hydrogens is 160 g/mol. The van der Waals surface area contributed by atoms with Gasteiger partial charge in [-0.3, -0.25) is 5.21 Å². The topological polar surface area (TPSA) is 71.3 Å². The molecule has 2 heterocycles. The Morgan fingerprint density at radius 3 is 2.50 bits per heavy atom. The third-order valence-corrected chi connectivity index (χ3v) is 1.66. The molecule has 1 N–H and O–H groups in total. The van der Waals surface area contributed by atoms with Gasteiger partial charge in [0.05, 0.1) is 13.1 Å². The summed E-state index contributed by atoms with van der Waals surface area (Å²) in [4.78, 5) is 7.62. The molecule has 1 radical (unpaired) electrons. The lowest BCUT2D eigenvalue weighted by Gasteiger charge is -2.11. The number of nitrogens with zero attached hydrogens (tertiary/aromatic N) is 4. The van der Waals surface area contributed by atoms with Crippen molar-refractivity contribution in [1.82, 2.24) is 10.1 Å². The van der Waals surface area contributed by atoms with E-state index in [0.29, 0.717) is 11.6 Å². The molecule has 2 aliphatic heterocycles. The Morgan fingerprint density at radius 2 is 2.00 bits per heavy atom. The van der Waals surface area contributed by atoms with Gasteiger partial charge < -0.3 is 0 Å². The Bertz CT molecular complexity index is 257. The van der Waals surface area contributed by atoms with Crippen LogP contribution in [-0.4, -0.2) is 40.9 Å². The van der Waals surface area contributed by atoms with Gasteiger partial charge in [-0.1, -0.05) is 5.21 Å². The predicted octanol–water partition coefficient (Wildman–Crippen LogP) is -0.380. The van der Waals surface area contributed by atoms with E-state index in [1.165, 1.54) is 12.4 Å². The van der Waals surface area contributed by atoms with Gasteiger partial charge in [0, 0.05) is 12.4 Å². The number of hydroxylamine groups is 4. The monoisotopic (exact) mass is 167 g/mol. The zero-order valence-electron chi connectivity index (χ0n) is 6.21. The lowest BCUT2D eigenvalue weighted by atomic mass is 10.6. The van der Waals surface area contributed by atoms with Gasteiger partial charge in [-0.05, 0) is 0 Å². The van der Waals surface area contributed by atoms with Crippen molar-refractivity contribution in [3.05, 3.63) is 11.6 Å². The van der Waals surface area contributed by atoms with Gasteiger partial charge in [0.25, 0.3) is 0 Å². The number of hydrogen-bond acceptors (Lipinski definition) is 5. The van der Waals surface area contributed by atoms with Crippen LogP contribution in [0.4, 0.5) is 0 Å². The van der Waals surface area contributed by atoms with Crippen molar-refractivity contribution in [2.75, 3.05) is 13.1 Å². The summed E-state index contributed by atoms with van der Waals surface area (Å²) in [6.07, 6.45) is 2.95. The van der Waals surface area contributed by atoms with E-state index in [-0.39, 0.29) is 18.2 Å². The fraction of sp³-hybridized carbons (Fsp3) is 0.333. The first-order valence-corrected chi connectivity index (χ1v) is 3.51. The maximum Gasteiger partial charge on any atom is 0.201 e. The minimum Gasteiger partial charge on any atom is -0.287 e. The Hall–Kier alpha value is -1.40. The molecule has 0 spiro atoms. The van der Waals surface area contributed by atoms with Crippen molar-refractivity contribution in [1.29, 1.82) is 0 Å². The summed E-state index contributed by atoms with van der Waals surface area (Å²) in [7, 11) is 0. The number of hydrogen-bond donors (Lipinski definition) is 1. The minimum absolute atomic E-state index is 0.125. The number of rotatable bonds is 0. The molecule has 1 fully saturated rings. The SMILES string of the molecule is [O]N1CCN(O)C1=C1N=CC=N1. The second-order valence-corrected chi connectivity index (χ2v) is 2.43. The van der Waals surface area contributed by atoms with Gasteiger partial charge in [0.15, 0.2) is 5.82 Å². The number of aliphatic imine (C=N–C) groups is 2. The van der Waals surface area contributed by atoms with Crippen molar-refractivity contribution in [2.24, 2.45) is 9.98 Å². The molecule has 63 valence electrons. The van der Waals surface area contributed by atoms with Crippen molar-refractivity contribution in [3.8, 4) is 0 Å². The fourth-order valence-corrected chi connectivity index (χ4v) is 1.11. The van der Waals surface area contributed by atoms with E-state index in [2.05, 4.69) is 9.98 Å². The van der Waals surface area contributed by atoms with Crippen LogP contribution in [0.15, 0.2) is 21.6 Å². The molecule has 0 aliphatic carbocycles. The maximum absolute atomic E-state index is 11.1. The van der Waals surface area contributed by atoms with E-state index in [1.807, 2.05) is 0 Å². The van der Waals surface area contributed by atoms with E-state index >= 15 is 0 Å². The first-order valence-electron chi connectivity index (χ1n) is 3.51. The summed E-state index contributed by atoms with van der Waals surface area (Å²) in [5.41, 5.74) is 0. The van der Waals surface area contributed by atoms with Crippen molar-refractivity contribution in [3.63, 3.8) is 0 Å². The minimum atomic E-state index is 0.125. The molecule has 12 heavy (non-hydrogen) atoms. The van der Waals surface area contributed by atoms with Crippen LogP contribution in [0.25, 0.3) is 0 Å². The van der Waals surface area contributed by atoms with Crippen molar-refractivity contribution < 1.29 is 10.4 Å². The van der Waals surface area contributed by atoms with E-state index in [4.69, 9.17) is 0 Å². The summed E-state index contributed by atoms with van der Waals surface area (Å²) in [5, 5.41) is 21.8. The smallest absolute Gasteiger partial charge is 0.201 e. The average Bonchev–Trinajstić information content (AvgIpc) is 2.61. The Kier molecular flexibility index (Phi) is 1.56. The lowest BCUT2D eigenvalue weighted by molar-refractivity contribution is -0.139. The van der Waals surface area contributed by atoms with Crippen LogP contribution in [0, 0.1) is 0 Å². The standard InChI is InChI=1S/C6H7N4O2/c11-9-3-4-10(12)6(9)5-7-1-2-8-5/h1-2,11H,3-4H2. The van der Waals surface area contributed by atoms with Gasteiger partial charge in [-0.2, -0.15) is 5.06 Å². The molecule has 0 saturated carbocycles. The molecule has 2 aliphatic rings. The van der Waals surface area contributed by atoms with Crippen LogP contribution in [0.3, 0.4) is 0 Å². The van der Waals surface area contributed by atoms with Gasteiger partial charge in [0.2, 0.25) is 5.82 Å². The van der Waals surface area contributed by atoms with Crippen LogP contribution < -0.4 is 0 Å². The van der Waals surface area contributed by atoms with E-state index in [1.54, 1.807) is 0 Å². The Labute approximate surface area is 68.7 Å². The summed E-state index contributed by atoms with van der Waals surface area (Å²) in [6, 6.07) is 0. The average molecular weight is 167 g/mol.